The van der Waals surface area contributed by atoms with E-state index in [0.717, 1.165) is 36.8 Å². The Balaban J connectivity index is 1.95. The summed E-state index contributed by atoms with van der Waals surface area (Å²) in [6.07, 6.45) is 6.41. The van der Waals surface area contributed by atoms with E-state index < -0.39 is 0 Å². The van der Waals surface area contributed by atoms with E-state index in [-0.39, 0.29) is 6.61 Å². The van der Waals surface area contributed by atoms with E-state index in [1.807, 2.05) is 23.7 Å². The molecule has 2 aromatic heterocycles. The molecular weight excluding hydrogens is 258 g/mol. The van der Waals surface area contributed by atoms with Crippen LogP contribution in [0.25, 0.3) is 5.65 Å². The molecule has 2 heterocycles. The quantitative estimate of drug-likeness (QED) is 0.593. The second kappa shape index (κ2) is 7.66. The maximum atomic E-state index is 8.61. The second-order valence-electron chi connectivity index (χ2n) is 4.28. The molecule has 0 aliphatic heterocycles. The van der Waals surface area contributed by atoms with Gasteiger partial charge in [0.05, 0.1) is 19.4 Å². The van der Waals surface area contributed by atoms with Gasteiger partial charge in [-0.25, -0.2) is 9.97 Å². The van der Waals surface area contributed by atoms with Crippen molar-refractivity contribution in [3.63, 3.8) is 0 Å². The first-order valence-electron chi connectivity index (χ1n) is 6.85. The lowest BCUT2D eigenvalue weighted by Crippen LogP contribution is -2.11. The molecule has 0 saturated heterocycles. The van der Waals surface area contributed by atoms with Crippen molar-refractivity contribution in [2.45, 2.75) is 13.3 Å². The summed E-state index contributed by atoms with van der Waals surface area (Å²) in [6.45, 7) is 4.67. The van der Waals surface area contributed by atoms with E-state index in [1.54, 1.807) is 6.20 Å². The Morgan fingerprint density at radius 1 is 1.35 bits per heavy atom. The summed E-state index contributed by atoms with van der Waals surface area (Å²) < 4.78 is 7.15. The van der Waals surface area contributed by atoms with Gasteiger partial charge in [0, 0.05) is 32.1 Å². The highest BCUT2D eigenvalue weighted by atomic mass is 16.5. The Morgan fingerprint density at radius 2 is 2.25 bits per heavy atom. The number of hydrogen-bond acceptors (Lipinski definition) is 6. The number of ether oxygens (including phenoxy) is 1. The van der Waals surface area contributed by atoms with E-state index in [2.05, 4.69) is 20.6 Å². The molecule has 2 rings (SSSR count). The van der Waals surface area contributed by atoms with E-state index in [9.17, 15) is 0 Å². The summed E-state index contributed by atoms with van der Waals surface area (Å²) in [4.78, 5) is 8.80. The molecule has 0 atom stereocenters. The largest absolute Gasteiger partial charge is 0.394 e. The van der Waals surface area contributed by atoms with Gasteiger partial charge >= 0.3 is 0 Å². The summed E-state index contributed by atoms with van der Waals surface area (Å²) in [6, 6.07) is 0. The van der Waals surface area contributed by atoms with E-state index >= 15 is 0 Å². The van der Waals surface area contributed by atoms with Crippen molar-refractivity contribution in [1.82, 2.24) is 14.4 Å². The highest BCUT2D eigenvalue weighted by molar-refractivity contribution is 5.65. The van der Waals surface area contributed by atoms with Crippen molar-refractivity contribution in [3.05, 3.63) is 18.6 Å². The van der Waals surface area contributed by atoms with Crippen LogP contribution in [0.3, 0.4) is 0 Å². The molecule has 2 aromatic rings. The topological polar surface area (TPSA) is 83.7 Å². The predicted octanol–water partition coefficient (Wildman–Crippen LogP) is 0.972. The van der Waals surface area contributed by atoms with Gasteiger partial charge < -0.3 is 24.9 Å². The van der Waals surface area contributed by atoms with Crippen molar-refractivity contribution in [1.29, 1.82) is 0 Å². The molecule has 0 aliphatic rings. The minimum atomic E-state index is 0.0639. The Labute approximate surface area is 118 Å². The summed E-state index contributed by atoms with van der Waals surface area (Å²) in [5, 5.41) is 15.1. The fourth-order valence-corrected chi connectivity index (χ4v) is 1.86. The molecule has 110 valence electrons. The van der Waals surface area contributed by atoms with Crippen molar-refractivity contribution >= 4 is 17.3 Å². The summed E-state index contributed by atoms with van der Waals surface area (Å²) in [5.74, 6) is 1.58. The monoisotopic (exact) mass is 279 g/mol. The third kappa shape index (κ3) is 3.82. The van der Waals surface area contributed by atoms with Crippen LogP contribution in [0, 0.1) is 0 Å². The van der Waals surface area contributed by atoms with Crippen LogP contribution in [-0.2, 0) is 4.74 Å². The molecule has 0 unspecified atom stereocenters. The molecule has 0 fully saturated rings. The van der Waals surface area contributed by atoms with Crippen molar-refractivity contribution in [3.8, 4) is 0 Å². The van der Waals surface area contributed by atoms with Gasteiger partial charge in [-0.2, -0.15) is 0 Å². The number of imidazole rings is 1. The number of anilines is 2. The van der Waals surface area contributed by atoms with Gasteiger partial charge in [0.15, 0.2) is 11.5 Å². The number of aromatic nitrogens is 3. The first kappa shape index (κ1) is 14.5. The molecule has 7 nitrogen and oxygen atoms in total. The third-order valence-corrected chi connectivity index (χ3v) is 2.73. The number of nitrogens with one attached hydrogen (secondary N) is 2. The number of nitrogens with zero attached hydrogens (tertiary/aromatic N) is 3. The molecule has 0 saturated carbocycles. The van der Waals surface area contributed by atoms with Crippen LogP contribution in [0.15, 0.2) is 18.6 Å². The number of aliphatic hydroxyl groups excluding tert-OH is 1. The number of fused-ring (bicyclic) bond motifs is 1. The third-order valence-electron chi connectivity index (χ3n) is 2.73. The van der Waals surface area contributed by atoms with Crippen molar-refractivity contribution in [2.24, 2.45) is 0 Å². The minimum absolute atomic E-state index is 0.0639. The second-order valence-corrected chi connectivity index (χ2v) is 4.28. The molecule has 20 heavy (non-hydrogen) atoms. The van der Waals surface area contributed by atoms with Gasteiger partial charge in [0.2, 0.25) is 0 Å². The molecule has 0 aromatic carbocycles. The highest BCUT2D eigenvalue weighted by Gasteiger charge is 2.06. The average molecular weight is 279 g/mol. The first-order chi connectivity index (χ1) is 9.85. The zero-order chi connectivity index (χ0) is 14.2. The van der Waals surface area contributed by atoms with Crippen LogP contribution < -0.4 is 10.6 Å². The molecule has 0 spiro atoms. The smallest absolute Gasteiger partial charge is 0.180 e. The molecule has 3 N–H and O–H groups in total. The number of rotatable bonds is 9. The average Bonchev–Trinajstić information content (AvgIpc) is 2.91. The summed E-state index contributed by atoms with van der Waals surface area (Å²) in [7, 11) is 0. The molecule has 7 heteroatoms. The van der Waals surface area contributed by atoms with Crippen molar-refractivity contribution in [2.75, 3.05) is 43.5 Å². The fourth-order valence-electron chi connectivity index (χ4n) is 1.86. The van der Waals surface area contributed by atoms with E-state index in [4.69, 9.17) is 9.84 Å². The normalized spacial score (nSPS) is 10.9. The lowest BCUT2D eigenvalue weighted by Gasteiger charge is -2.10. The number of hydrogen-bond donors (Lipinski definition) is 3. The Morgan fingerprint density at radius 3 is 3.05 bits per heavy atom. The van der Waals surface area contributed by atoms with Crippen LogP contribution in [0.5, 0.6) is 0 Å². The zero-order valence-corrected chi connectivity index (χ0v) is 11.7. The predicted molar refractivity (Wildman–Crippen MR) is 78.2 cm³/mol. The van der Waals surface area contributed by atoms with E-state index in [1.165, 1.54) is 0 Å². The SMILES string of the molecule is CCNc1cn2ccnc2c(NCCCOCCO)n1. The fraction of sp³-hybridized carbons (Fsp3) is 0.538. The molecule has 0 aliphatic carbocycles. The van der Waals surface area contributed by atoms with E-state index in [0.29, 0.717) is 13.2 Å². The van der Waals surface area contributed by atoms with Gasteiger partial charge in [0.1, 0.15) is 5.82 Å². The van der Waals surface area contributed by atoms with Crippen molar-refractivity contribution < 1.29 is 9.84 Å². The van der Waals surface area contributed by atoms with Crippen LogP contribution >= 0.6 is 0 Å². The highest BCUT2D eigenvalue weighted by Crippen LogP contribution is 2.16. The maximum absolute atomic E-state index is 8.61. The molecule has 0 bridgehead atoms. The first-order valence-corrected chi connectivity index (χ1v) is 6.85. The maximum Gasteiger partial charge on any atom is 0.180 e. The Bertz CT molecular complexity index is 528. The van der Waals surface area contributed by atoms with Gasteiger partial charge in [-0.1, -0.05) is 0 Å². The van der Waals surface area contributed by atoms with Gasteiger partial charge in [-0.3, -0.25) is 0 Å². The van der Waals surface area contributed by atoms with Crippen LogP contribution in [0.1, 0.15) is 13.3 Å². The standard InChI is InChI=1S/C13H21N5O2/c1-2-14-11-10-18-6-5-16-13(18)12(17-11)15-4-3-8-20-9-7-19/h5-6,10,14,19H,2-4,7-9H2,1H3,(H,15,17). The van der Waals surface area contributed by atoms with Gasteiger partial charge in [-0.15, -0.1) is 0 Å². The lowest BCUT2D eigenvalue weighted by atomic mass is 10.4. The minimum Gasteiger partial charge on any atom is -0.394 e. The molecular formula is C13H21N5O2. The number of aliphatic hydroxyl groups is 1. The molecule has 0 radical (unpaired) electrons. The molecule has 0 amide bonds. The summed E-state index contributed by atoms with van der Waals surface area (Å²) >= 11 is 0. The zero-order valence-electron chi connectivity index (χ0n) is 11.7. The van der Waals surface area contributed by atoms with Crippen LogP contribution in [-0.4, -0.2) is 52.4 Å². The van der Waals surface area contributed by atoms with Crippen LogP contribution in [0.2, 0.25) is 0 Å². The van der Waals surface area contributed by atoms with Crippen LogP contribution in [0.4, 0.5) is 11.6 Å². The van der Waals surface area contributed by atoms with Gasteiger partial charge in [-0.05, 0) is 13.3 Å². The Hall–Kier alpha value is -1.86. The lowest BCUT2D eigenvalue weighted by molar-refractivity contribution is 0.0922. The van der Waals surface area contributed by atoms with Gasteiger partial charge in [0.25, 0.3) is 0 Å². The Kier molecular flexibility index (Phi) is 5.57. The summed E-state index contributed by atoms with van der Waals surface area (Å²) in [5.41, 5.74) is 0.808.